The van der Waals surface area contributed by atoms with E-state index in [1.165, 1.54) is 0 Å². The topological polar surface area (TPSA) is 83.6 Å². The van der Waals surface area contributed by atoms with E-state index in [1.54, 1.807) is 22.5 Å². The first-order valence-corrected chi connectivity index (χ1v) is 8.89. The molecule has 3 rings (SSSR count). The van der Waals surface area contributed by atoms with Gasteiger partial charge in [0.05, 0.1) is 11.0 Å². The second-order valence-corrected chi connectivity index (χ2v) is 8.20. The molecule has 3 N–H and O–H groups in total. The van der Waals surface area contributed by atoms with Crippen LogP contribution in [0.2, 0.25) is 0 Å². The predicted molar refractivity (Wildman–Crippen MR) is 79.6 cm³/mol. The SMILES string of the molecule is Nc1ccc(S(=O)(=O)N2C3CCC2CC(O)C3)c(Br)c1. The van der Waals surface area contributed by atoms with Gasteiger partial charge in [0.1, 0.15) is 0 Å². The molecule has 5 nitrogen and oxygen atoms in total. The first-order chi connectivity index (χ1) is 9.39. The fourth-order valence-corrected chi connectivity index (χ4v) is 6.29. The molecular weight excluding hydrogens is 344 g/mol. The number of benzene rings is 1. The standard InChI is InChI=1S/C13H17BrN2O3S/c14-12-5-8(15)1-4-13(12)20(18,19)16-9-2-3-10(16)7-11(17)6-9/h1,4-5,9-11,17H,2-3,6-7,15H2. The number of sulfonamides is 1. The van der Waals surface area contributed by atoms with Gasteiger partial charge in [0.15, 0.2) is 0 Å². The molecule has 2 saturated heterocycles. The zero-order valence-corrected chi connectivity index (χ0v) is 13.3. The lowest BCUT2D eigenvalue weighted by atomic mass is 10.0. The van der Waals surface area contributed by atoms with Crippen molar-refractivity contribution in [3.05, 3.63) is 22.7 Å². The summed E-state index contributed by atoms with van der Waals surface area (Å²) in [7, 11) is -3.55. The zero-order chi connectivity index (χ0) is 14.5. The van der Waals surface area contributed by atoms with E-state index in [2.05, 4.69) is 15.9 Å². The number of piperidine rings is 1. The average molecular weight is 361 g/mol. The van der Waals surface area contributed by atoms with E-state index in [4.69, 9.17) is 5.73 Å². The van der Waals surface area contributed by atoms with Crippen LogP contribution in [0, 0.1) is 0 Å². The number of rotatable bonds is 2. The van der Waals surface area contributed by atoms with Gasteiger partial charge >= 0.3 is 0 Å². The molecule has 0 aliphatic carbocycles. The van der Waals surface area contributed by atoms with E-state index in [1.807, 2.05) is 0 Å². The number of nitrogens with two attached hydrogens (primary N) is 1. The Hall–Kier alpha value is -0.630. The molecule has 2 fully saturated rings. The molecule has 2 aliphatic rings. The van der Waals surface area contributed by atoms with Crippen LogP contribution < -0.4 is 5.73 Å². The Balaban J connectivity index is 2.01. The van der Waals surface area contributed by atoms with Crippen LogP contribution in [0.4, 0.5) is 5.69 Å². The molecule has 0 aromatic heterocycles. The van der Waals surface area contributed by atoms with Gasteiger partial charge in [-0.3, -0.25) is 0 Å². The van der Waals surface area contributed by atoms with E-state index in [9.17, 15) is 13.5 Å². The van der Waals surface area contributed by atoms with E-state index in [-0.39, 0.29) is 23.1 Å². The highest BCUT2D eigenvalue weighted by Gasteiger charge is 2.47. The van der Waals surface area contributed by atoms with E-state index in [0.717, 1.165) is 12.8 Å². The summed E-state index contributed by atoms with van der Waals surface area (Å²) in [6, 6.07) is 4.57. The Morgan fingerprint density at radius 1 is 1.25 bits per heavy atom. The maximum absolute atomic E-state index is 12.9. The van der Waals surface area contributed by atoms with Gasteiger partial charge in [0.25, 0.3) is 0 Å². The lowest BCUT2D eigenvalue weighted by Gasteiger charge is -2.36. The number of hydrogen-bond acceptors (Lipinski definition) is 4. The molecule has 2 bridgehead atoms. The van der Waals surface area contributed by atoms with Crippen molar-refractivity contribution in [2.45, 2.75) is 48.8 Å². The van der Waals surface area contributed by atoms with Gasteiger partial charge in [0, 0.05) is 22.2 Å². The van der Waals surface area contributed by atoms with Gasteiger partial charge < -0.3 is 10.8 Å². The molecule has 1 aromatic carbocycles. The number of hydrogen-bond donors (Lipinski definition) is 2. The van der Waals surface area contributed by atoms with Crippen molar-refractivity contribution < 1.29 is 13.5 Å². The van der Waals surface area contributed by atoms with Crippen LogP contribution in [0.3, 0.4) is 0 Å². The lowest BCUT2D eigenvalue weighted by molar-refractivity contribution is 0.0768. The molecule has 0 saturated carbocycles. The van der Waals surface area contributed by atoms with E-state index in [0.29, 0.717) is 23.0 Å². The Kier molecular flexibility index (Phi) is 3.56. The van der Waals surface area contributed by atoms with Crippen LogP contribution in [-0.2, 0) is 10.0 Å². The highest BCUT2D eigenvalue weighted by Crippen LogP contribution is 2.41. The van der Waals surface area contributed by atoms with Crippen molar-refractivity contribution >= 4 is 31.6 Å². The summed E-state index contributed by atoms with van der Waals surface area (Å²) in [5.74, 6) is 0. The molecule has 2 unspecified atom stereocenters. The maximum atomic E-state index is 12.9. The molecule has 0 amide bonds. The van der Waals surface area contributed by atoms with Crippen LogP contribution >= 0.6 is 15.9 Å². The molecule has 0 spiro atoms. The largest absolute Gasteiger partial charge is 0.399 e. The van der Waals surface area contributed by atoms with Gasteiger partial charge in [0.2, 0.25) is 10.0 Å². The van der Waals surface area contributed by atoms with Crippen LogP contribution in [0.5, 0.6) is 0 Å². The molecule has 2 heterocycles. The smallest absolute Gasteiger partial charge is 0.244 e. The maximum Gasteiger partial charge on any atom is 0.244 e. The minimum atomic E-state index is -3.55. The van der Waals surface area contributed by atoms with Crippen LogP contribution in [-0.4, -0.2) is 36.0 Å². The molecule has 1 aromatic rings. The van der Waals surface area contributed by atoms with Crippen LogP contribution in [0.25, 0.3) is 0 Å². The number of halogens is 1. The molecule has 2 aliphatic heterocycles. The molecular formula is C13H17BrN2O3S. The number of nitrogens with zero attached hydrogens (tertiary/aromatic N) is 1. The molecule has 110 valence electrons. The fourth-order valence-electron chi connectivity index (χ4n) is 3.34. The normalized spacial score (nSPS) is 30.6. The highest BCUT2D eigenvalue weighted by atomic mass is 79.9. The van der Waals surface area contributed by atoms with E-state index >= 15 is 0 Å². The molecule has 20 heavy (non-hydrogen) atoms. The number of aliphatic hydroxyl groups excluding tert-OH is 1. The van der Waals surface area contributed by atoms with Gasteiger partial charge in [-0.15, -0.1) is 0 Å². The van der Waals surface area contributed by atoms with Crippen molar-refractivity contribution in [1.82, 2.24) is 4.31 Å². The summed E-state index contributed by atoms with van der Waals surface area (Å²) in [4.78, 5) is 0.250. The Morgan fingerprint density at radius 2 is 1.85 bits per heavy atom. The second kappa shape index (κ2) is 4.98. The number of fused-ring (bicyclic) bond motifs is 2. The van der Waals surface area contributed by atoms with Gasteiger partial charge in [-0.1, -0.05) is 0 Å². The third kappa shape index (κ3) is 2.26. The molecule has 7 heteroatoms. The minimum absolute atomic E-state index is 0.0850. The van der Waals surface area contributed by atoms with Crippen LogP contribution in [0.15, 0.2) is 27.6 Å². The number of anilines is 1. The summed E-state index contributed by atoms with van der Waals surface area (Å²) >= 11 is 3.29. The first kappa shape index (κ1) is 14.3. The van der Waals surface area contributed by atoms with Crippen molar-refractivity contribution in [3.8, 4) is 0 Å². The van der Waals surface area contributed by atoms with Gasteiger partial charge in [-0.2, -0.15) is 4.31 Å². The third-order valence-electron chi connectivity index (χ3n) is 4.15. The zero-order valence-electron chi connectivity index (χ0n) is 10.9. The summed E-state index contributed by atoms with van der Waals surface area (Å²) in [5, 5.41) is 9.79. The Morgan fingerprint density at radius 3 is 2.40 bits per heavy atom. The molecule has 2 atom stereocenters. The van der Waals surface area contributed by atoms with Crippen molar-refractivity contribution in [2.75, 3.05) is 5.73 Å². The third-order valence-corrected chi connectivity index (χ3v) is 7.13. The van der Waals surface area contributed by atoms with Crippen molar-refractivity contribution in [3.63, 3.8) is 0 Å². The molecule has 0 radical (unpaired) electrons. The average Bonchev–Trinajstić information content (AvgIpc) is 2.62. The van der Waals surface area contributed by atoms with Gasteiger partial charge in [-0.25, -0.2) is 8.42 Å². The minimum Gasteiger partial charge on any atom is -0.399 e. The first-order valence-electron chi connectivity index (χ1n) is 6.66. The van der Waals surface area contributed by atoms with E-state index < -0.39 is 10.0 Å². The monoisotopic (exact) mass is 360 g/mol. The lowest BCUT2D eigenvalue weighted by Crippen LogP contribution is -2.47. The quantitative estimate of drug-likeness (QED) is 0.786. The summed E-state index contributed by atoms with van der Waals surface area (Å²) < 4.78 is 27.8. The number of aliphatic hydroxyl groups is 1. The summed E-state index contributed by atoms with van der Waals surface area (Å²) in [5.41, 5.74) is 6.18. The number of nitrogen functional groups attached to an aromatic ring is 1. The van der Waals surface area contributed by atoms with Crippen LogP contribution in [0.1, 0.15) is 25.7 Å². The van der Waals surface area contributed by atoms with Crippen molar-refractivity contribution in [1.29, 1.82) is 0 Å². The Labute approximate surface area is 126 Å². The predicted octanol–water partition coefficient (Wildman–Crippen LogP) is 1.71. The van der Waals surface area contributed by atoms with Gasteiger partial charge in [-0.05, 0) is 59.8 Å². The summed E-state index contributed by atoms with van der Waals surface area (Å²) in [6.45, 7) is 0. The second-order valence-electron chi connectivity index (χ2n) is 5.54. The van der Waals surface area contributed by atoms with Crippen molar-refractivity contribution in [2.24, 2.45) is 0 Å². The Bertz CT molecular complexity index is 621. The fraction of sp³-hybridized carbons (Fsp3) is 0.538. The highest BCUT2D eigenvalue weighted by molar-refractivity contribution is 9.10. The summed E-state index contributed by atoms with van der Waals surface area (Å²) in [6.07, 6.45) is 2.33.